The number of nitrogens with one attached hydrogen (secondary N) is 1. The number of non-ortho nitro benzene ring substituents is 1. The van der Waals surface area contributed by atoms with Crippen LogP contribution >= 0.6 is 11.8 Å². The highest BCUT2D eigenvalue weighted by atomic mass is 32.2. The van der Waals surface area contributed by atoms with E-state index < -0.39 is 22.5 Å². The molecule has 0 aliphatic rings. The van der Waals surface area contributed by atoms with Crippen LogP contribution in [0.25, 0.3) is 11.3 Å². The van der Waals surface area contributed by atoms with Gasteiger partial charge >= 0.3 is 0 Å². The van der Waals surface area contributed by atoms with E-state index >= 15 is 0 Å². The highest BCUT2D eigenvalue weighted by molar-refractivity contribution is 7.99. The maximum Gasteiger partial charge on any atom is 0.270 e. The van der Waals surface area contributed by atoms with E-state index in [-0.39, 0.29) is 17.1 Å². The number of carbonyl (C=O) groups is 1. The van der Waals surface area contributed by atoms with Crippen LogP contribution in [0.15, 0.2) is 59.6 Å². The molecule has 1 heterocycles. The van der Waals surface area contributed by atoms with E-state index in [9.17, 15) is 23.7 Å². The average Bonchev–Trinajstić information content (AvgIpc) is 2.69. The van der Waals surface area contributed by atoms with Crippen LogP contribution in [-0.4, -0.2) is 26.8 Å². The number of anilines is 1. The van der Waals surface area contributed by atoms with E-state index in [0.29, 0.717) is 22.3 Å². The molecule has 1 amide bonds. The number of aromatic nitrogens is 2. The molecule has 142 valence electrons. The summed E-state index contributed by atoms with van der Waals surface area (Å²) in [6.45, 7) is 0. The molecule has 0 radical (unpaired) electrons. The monoisotopic (exact) mass is 402 g/mol. The minimum absolute atomic E-state index is 0.0533. The SMILES string of the molecule is O=C(CSc1ccc(-c2cccc([N+](=O)[O-])c2)nn1)Nc1ccc(F)cc1F. The van der Waals surface area contributed by atoms with Crippen LogP contribution in [0.5, 0.6) is 0 Å². The van der Waals surface area contributed by atoms with Crippen molar-refractivity contribution in [2.45, 2.75) is 5.03 Å². The number of nitro groups is 1. The minimum atomic E-state index is -0.862. The summed E-state index contributed by atoms with van der Waals surface area (Å²) >= 11 is 1.08. The lowest BCUT2D eigenvalue weighted by molar-refractivity contribution is -0.384. The fourth-order valence-corrected chi connectivity index (χ4v) is 2.86. The van der Waals surface area contributed by atoms with Crippen molar-refractivity contribution in [1.82, 2.24) is 10.2 Å². The third-order valence-corrected chi connectivity index (χ3v) is 4.47. The average molecular weight is 402 g/mol. The van der Waals surface area contributed by atoms with Gasteiger partial charge in [0.25, 0.3) is 5.69 Å². The number of halogens is 2. The first-order valence-electron chi connectivity index (χ1n) is 7.88. The second-order valence-corrected chi connectivity index (χ2v) is 6.52. The zero-order valence-corrected chi connectivity index (χ0v) is 15.0. The molecule has 0 fully saturated rings. The number of thioether (sulfide) groups is 1. The summed E-state index contributed by atoms with van der Waals surface area (Å²) in [6, 6.07) is 12.1. The van der Waals surface area contributed by atoms with Crippen molar-refractivity contribution in [3.8, 4) is 11.3 Å². The Morgan fingerprint density at radius 3 is 2.61 bits per heavy atom. The van der Waals surface area contributed by atoms with E-state index in [0.717, 1.165) is 23.9 Å². The molecule has 28 heavy (non-hydrogen) atoms. The quantitative estimate of drug-likeness (QED) is 0.379. The minimum Gasteiger partial charge on any atom is -0.323 e. The van der Waals surface area contributed by atoms with Crippen LogP contribution < -0.4 is 5.32 Å². The molecule has 3 aromatic rings. The first-order chi connectivity index (χ1) is 13.4. The molecule has 1 N–H and O–H groups in total. The van der Waals surface area contributed by atoms with Crippen molar-refractivity contribution in [1.29, 1.82) is 0 Å². The standard InChI is InChI=1S/C18H12F2N4O3S/c19-12-4-5-16(14(20)9-12)21-17(25)10-28-18-7-6-15(22-23-18)11-2-1-3-13(8-11)24(26)27/h1-9H,10H2,(H,21,25). The van der Waals surface area contributed by atoms with Crippen molar-refractivity contribution >= 4 is 29.0 Å². The second kappa shape index (κ2) is 8.53. The van der Waals surface area contributed by atoms with Crippen molar-refractivity contribution in [2.24, 2.45) is 0 Å². The molecule has 0 aliphatic carbocycles. The molecule has 0 bridgehead atoms. The second-order valence-electron chi connectivity index (χ2n) is 5.53. The molecular formula is C18H12F2N4O3S. The Balaban J connectivity index is 1.60. The number of hydrogen-bond acceptors (Lipinski definition) is 6. The fraction of sp³-hybridized carbons (Fsp3) is 0.0556. The van der Waals surface area contributed by atoms with Gasteiger partial charge in [0.05, 0.1) is 22.1 Å². The summed E-state index contributed by atoms with van der Waals surface area (Å²) in [7, 11) is 0. The molecule has 0 aliphatic heterocycles. The number of hydrogen-bond donors (Lipinski definition) is 1. The summed E-state index contributed by atoms with van der Waals surface area (Å²) in [5.74, 6) is -2.13. The summed E-state index contributed by atoms with van der Waals surface area (Å²) < 4.78 is 26.4. The Hall–Kier alpha value is -3.40. The summed E-state index contributed by atoms with van der Waals surface area (Å²) in [5.41, 5.74) is 0.829. The van der Waals surface area contributed by atoms with E-state index in [1.165, 1.54) is 12.1 Å². The maximum absolute atomic E-state index is 13.5. The van der Waals surface area contributed by atoms with Crippen molar-refractivity contribution < 1.29 is 18.5 Å². The molecule has 0 spiro atoms. The van der Waals surface area contributed by atoms with Crippen molar-refractivity contribution in [2.75, 3.05) is 11.1 Å². The summed E-state index contributed by atoms with van der Waals surface area (Å²) in [4.78, 5) is 22.3. The number of nitro benzene ring substituents is 1. The van der Waals surface area contributed by atoms with Crippen LogP contribution in [0.1, 0.15) is 0 Å². The van der Waals surface area contributed by atoms with E-state index in [2.05, 4.69) is 15.5 Å². The van der Waals surface area contributed by atoms with Crippen LogP contribution in [0.2, 0.25) is 0 Å². The van der Waals surface area contributed by atoms with Gasteiger partial charge in [0.1, 0.15) is 16.7 Å². The summed E-state index contributed by atoms with van der Waals surface area (Å²) in [6.07, 6.45) is 0. The predicted octanol–water partition coefficient (Wildman–Crippen LogP) is 4.06. The molecule has 2 aromatic carbocycles. The fourth-order valence-electron chi connectivity index (χ4n) is 2.25. The molecule has 3 rings (SSSR count). The van der Waals surface area contributed by atoms with Gasteiger partial charge in [-0.2, -0.15) is 0 Å². The van der Waals surface area contributed by atoms with Crippen molar-refractivity contribution in [3.63, 3.8) is 0 Å². The first-order valence-corrected chi connectivity index (χ1v) is 8.87. The number of rotatable bonds is 6. The van der Waals surface area contributed by atoms with E-state index in [1.807, 2.05) is 0 Å². The number of carbonyl (C=O) groups excluding carboxylic acids is 1. The molecular weight excluding hydrogens is 390 g/mol. The molecule has 0 saturated heterocycles. The topological polar surface area (TPSA) is 98.0 Å². The van der Waals surface area contributed by atoms with Gasteiger partial charge < -0.3 is 5.32 Å². The van der Waals surface area contributed by atoms with Gasteiger partial charge in [-0.05, 0) is 24.3 Å². The number of amides is 1. The normalized spacial score (nSPS) is 10.5. The molecule has 0 unspecified atom stereocenters. The smallest absolute Gasteiger partial charge is 0.270 e. The highest BCUT2D eigenvalue weighted by Crippen LogP contribution is 2.23. The lowest BCUT2D eigenvalue weighted by atomic mass is 10.1. The largest absolute Gasteiger partial charge is 0.323 e. The van der Waals surface area contributed by atoms with Gasteiger partial charge in [-0.25, -0.2) is 8.78 Å². The molecule has 7 nitrogen and oxygen atoms in total. The maximum atomic E-state index is 13.5. The Morgan fingerprint density at radius 1 is 1.11 bits per heavy atom. The number of benzene rings is 2. The molecule has 0 atom stereocenters. The zero-order chi connectivity index (χ0) is 20.1. The third-order valence-electron chi connectivity index (χ3n) is 3.55. The Kier molecular flexibility index (Phi) is 5.90. The molecule has 10 heteroatoms. The predicted molar refractivity (Wildman–Crippen MR) is 99.8 cm³/mol. The lowest BCUT2D eigenvalue weighted by Gasteiger charge is -2.06. The Morgan fingerprint density at radius 2 is 1.93 bits per heavy atom. The Bertz CT molecular complexity index is 1030. The van der Waals surface area contributed by atoms with Crippen LogP contribution in [0, 0.1) is 21.7 Å². The molecule has 1 aromatic heterocycles. The van der Waals surface area contributed by atoms with E-state index in [4.69, 9.17) is 0 Å². The zero-order valence-electron chi connectivity index (χ0n) is 14.1. The van der Waals surface area contributed by atoms with Gasteiger partial charge in [0.2, 0.25) is 5.91 Å². The van der Waals surface area contributed by atoms with Gasteiger partial charge in [0.15, 0.2) is 0 Å². The highest BCUT2D eigenvalue weighted by Gasteiger charge is 2.11. The third kappa shape index (κ3) is 4.86. The van der Waals surface area contributed by atoms with Crippen molar-refractivity contribution in [3.05, 3.63) is 76.3 Å². The van der Waals surface area contributed by atoms with Gasteiger partial charge in [-0.15, -0.1) is 10.2 Å². The van der Waals surface area contributed by atoms with Gasteiger partial charge in [0, 0.05) is 23.8 Å². The van der Waals surface area contributed by atoms with Crippen LogP contribution in [-0.2, 0) is 4.79 Å². The van der Waals surface area contributed by atoms with Gasteiger partial charge in [-0.3, -0.25) is 14.9 Å². The number of nitrogens with zero attached hydrogens (tertiary/aromatic N) is 3. The van der Waals surface area contributed by atoms with Crippen LogP contribution in [0.3, 0.4) is 0 Å². The van der Waals surface area contributed by atoms with Gasteiger partial charge in [-0.1, -0.05) is 23.9 Å². The lowest BCUT2D eigenvalue weighted by Crippen LogP contribution is -2.15. The van der Waals surface area contributed by atoms with Crippen LogP contribution in [0.4, 0.5) is 20.2 Å². The summed E-state index contributed by atoms with van der Waals surface area (Å²) in [5, 5.41) is 21.6. The molecule has 0 saturated carbocycles. The van der Waals surface area contributed by atoms with E-state index in [1.54, 1.807) is 24.3 Å². The first kappa shape index (κ1) is 19.4. The Labute approximate surface area is 162 Å².